The van der Waals surface area contributed by atoms with Crippen molar-refractivity contribution in [3.05, 3.63) is 0 Å². The molecule has 0 aliphatic rings. The SMILES string of the molecule is CCCCCCCCC(CCCCCCCC)(CCCCCCCC)CCCCCCCO. The Morgan fingerprint density at radius 3 is 0.848 bits per heavy atom. The van der Waals surface area contributed by atoms with Crippen LogP contribution in [0.5, 0.6) is 0 Å². The Labute approximate surface area is 211 Å². The van der Waals surface area contributed by atoms with Gasteiger partial charge in [-0.25, -0.2) is 0 Å². The van der Waals surface area contributed by atoms with Gasteiger partial charge in [-0.2, -0.15) is 0 Å². The zero-order valence-corrected chi connectivity index (χ0v) is 23.7. The molecule has 1 heteroatoms. The Hall–Kier alpha value is -0.0400. The van der Waals surface area contributed by atoms with Gasteiger partial charge in [0, 0.05) is 6.61 Å². The lowest BCUT2D eigenvalue weighted by Gasteiger charge is -2.35. The van der Waals surface area contributed by atoms with Gasteiger partial charge >= 0.3 is 0 Å². The number of unbranched alkanes of at least 4 members (excludes halogenated alkanes) is 19. The summed E-state index contributed by atoms with van der Waals surface area (Å²) in [5.41, 5.74) is 0.636. The van der Waals surface area contributed by atoms with E-state index in [1.165, 1.54) is 167 Å². The van der Waals surface area contributed by atoms with E-state index in [1.807, 2.05) is 0 Å². The van der Waals surface area contributed by atoms with E-state index >= 15 is 0 Å². The van der Waals surface area contributed by atoms with Gasteiger partial charge in [-0.15, -0.1) is 0 Å². The van der Waals surface area contributed by atoms with E-state index in [9.17, 15) is 0 Å². The lowest BCUT2D eigenvalue weighted by molar-refractivity contribution is 0.171. The van der Waals surface area contributed by atoms with Crippen LogP contribution in [0.3, 0.4) is 0 Å². The highest BCUT2D eigenvalue weighted by Crippen LogP contribution is 2.42. The molecule has 0 saturated heterocycles. The van der Waals surface area contributed by atoms with E-state index in [1.54, 1.807) is 0 Å². The molecule has 33 heavy (non-hydrogen) atoms. The fourth-order valence-corrected chi connectivity index (χ4v) is 5.73. The van der Waals surface area contributed by atoms with Gasteiger partial charge in [0.1, 0.15) is 0 Å². The highest BCUT2D eigenvalue weighted by atomic mass is 16.2. The summed E-state index contributed by atoms with van der Waals surface area (Å²) in [7, 11) is 0. The molecule has 0 saturated carbocycles. The molecular formula is C32H66O. The zero-order chi connectivity index (χ0) is 24.3. The van der Waals surface area contributed by atoms with Gasteiger partial charge in [-0.1, -0.05) is 162 Å². The molecule has 0 heterocycles. The Balaban J connectivity index is 4.74. The van der Waals surface area contributed by atoms with Crippen molar-refractivity contribution < 1.29 is 5.11 Å². The van der Waals surface area contributed by atoms with Crippen LogP contribution in [-0.2, 0) is 0 Å². The van der Waals surface area contributed by atoms with Gasteiger partial charge in [-0.05, 0) is 37.5 Å². The second kappa shape index (κ2) is 26.6. The van der Waals surface area contributed by atoms with Gasteiger partial charge in [-0.3, -0.25) is 0 Å². The number of hydrogen-bond donors (Lipinski definition) is 1. The lowest BCUT2D eigenvalue weighted by Crippen LogP contribution is -2.21. The maximum atomic E-state index is 9.08. The Kier molecular flexibility index (Phi) is 26.5. The number of aliphatic hydroxyl groups is 1. The summed E-state index contributed by atoms with van der Waals surface area (Å²) in [5.74, 6) is 0. The van der Waals surface area contributed by atoms with Crippen LogP contribution < -0.4 is 0 Å². The minimum atomic E-state index is 0.373. The van der Waals surface area contributed by atoms with Crippen LogP contribution in [0, 0.1) is 5.41 Å². The summed E-state index contributed by atoms with van der Waals surface area (Å²) in [6.07, 6.45) is 38.2. The maximum Gasteiger partial charge on any atom is 0.0431 e. The van der Waals surface area contributed by atoms with Crippen LogP contribution in [0.2, 0.25) is 0 Å². The molecule has 0 aliphatic carbocycles. The molecular weight excluding hydrogens is 400 g/mol. The van der Waals surface area contributed by atoms with Crippen LogP contribution in [0.15, 0.2) is 0 Å². The molecule has 0 atom stereocenters. The van der Waals surface area contributed by atoms with Crippen molar-refractivity contribution in [2.75, 3.05) is 6.61 Å². The first-order valence-electron chi connectivity index (χ1n) is 15.9. The van der Waals surface area contributed by atoms with Crippen molar-refractivity contribution in [2.45, 2.75) is 194 Å². The quantitative estimate of drug-likeness (QED) is 0.114. The van der Waals surface area contributed by atoms with E-state index < -0.39 is 0 Å². The summed E-state index contributed by atoms with van der Waals surface area (Å²) in [6, 6.07) is 0. The molecule has 0 radical (unpaired) electrons. The molecule has 1 nitrogen and oxygen atoms in total. The zero-order valence-electron chi connectivity index (χ0n) is 23.7. The average molecular weight is 467 g/mol. The summed E-state index contributed by atoms with van der Waals surface area (Å²) < 4.78 is 0. The topological polar surface area (TPSA) is 20.2 Å². The second-order valence-corrected chi connectivity index (χ2v) is 11.3. The maximum absolute atomic E-state index is 9.08. The summed E-state index contributed by atoms with van der Waals surface area (Å²) in [5, 5.41) is 9.08. The Morgan fingerprint density at radius 2 is 0.576 bits per heavy atom. The van der Waals surface area contributed by atoms with Gasteiger partial charge < -0.3 is 5.11 Å². The molecule has 1 N–H and O–H groups in total. The van der Waals surface area contributed by atoms with Gasteiger partial charge in [0.15, 0.2) is 0 Å². The third-order valence-corrected chi connectivity index (χ3v) is 8.05. The van der Waals surface area contributed by atoms with E-state index in [2.05, 4.69) is 20.8 Å². The van der Waals surface area contributed by atoms with Crippen LogP contribution >= 0.6 is 0 Å². The third-order valence-electron chi connectivity index (χ3n) is 8.05. The molecule has 0 spiro atoms. The molecule has 0 aliphatic heterocycles. The predicted molar refractivity (Wildman–Crippen MR) is 151 cm³/mol. The van der Waals surface area contributed by atoms with E-state index in [0.717, 1.165) is 6.42 Å². The lowest BCUT2D eigenvalue weighted by atomic mass is 9.70. The molecule has 0 fully saturated rings. The van der Waals surface area contributed by atoms with Gasteiger partial charge in [0.05, 0.1) is 0 Å². The fourth-order valence-electron chi connectivity index (χ4n) is 5.73. The summed E-state index contributed by atoms with van der Waals surface area (Å²) in [4.78, 5) is 0. The first-order valence-corrected chi connectivity index (χ1v) is 15.9. The Morgan fingerprint density at radius 1 is 0.333 bits per heavy atom. The van der Waals surface area contributed by atoms with Crippen LogP contribution in [-0.4, -0.2) is 11.7 Å². The standard InChI is InChI=1S/C32H66O/c1-4-7-10-13-17-22-27-32(28-23-18-14-11-8-5-2,29-24-19-15-12-9-6-3)30-25-20-16-21-26-31-33/h33H,4-31H2,1-3H3. The second-order valence-electron chi connectivity index (χ2n) is 11.3. The highest BCUT2D eigenvalue weighted by Gasteiger charge is 2.28. The van der Waals surface area contributed by atoms with Crippen LogP contribution in [0.25, 0.3) is 0 Å². The molecule has 0 unspecified atom stereocenters. The highest BCUT2D eigenvalue weighted by molar-refractivity contribution is 4.80. The molecule has 0 aromatic heterocycles. The van der Waals surface area contributed by atoms with Crippen molar-refractivity contribution in [1.82, 2.24) is 0 Å². The smallest absolute Gasteiger partial charge is 0.0431 e. The van der Waals surface area contributed by atoms with E-state index in [0.29, 0.717) is 12.0 Å². The average Bonchev–Trinajstić information content (AvgIpc) is 2.83. The van der Waals surface area contributed by atoms with Gasteiger partial charge in [0.25, 0.3) is 0 Å². The fraction of sp³-hybridized carbons (Fsp3) is 1.00. The van der Waals surface area contributed by atoms with E-state index in [-0.39, 0.29) is 0 Å². The van der Waals surface area contributed by atoms with Crippen molar-refractivity contribution >= 4 is 0 Å². The Bertz CT molecular complexity index is 281. The van der Waals surface area contributed by atoms with Crippen LogP contribution in [0.4, 0.5) is 0 Å². The molecule has 200 valence electrons. The number of rotatable bonds is 28. The predicted octanol–water partition coefficient (Wildman–Crippen LogP) is 11.6. The molecule has 0 aromatic rings. The molecule has 0 bridgehead atoms. The van der Waals surface area contributed by atoms with E-state index in [4.69, 9.17) is 5.11 Å². The number of aliphatic hydroxyl groups excluding tert-OH is 1. The monoisotopic (exact) mass is 467 g/mol. The normalized spacial score (nSPS) is 12.0. The summed E-state index contributed by atoms with van der Waals surface area (Å²) in [6.45, 7) is 7.35. The minimum Gasteiger partial charge on any atom is -0.396 e. The molecule has 0 amide bonds. The minimum absolute atomic E-state index is 0.373. The van der Waals surface area contributed by atoms with Crippen molar-refractivity contribution in [1.29, 1.82) is 0 Å². The largest absolute Gasteiger partial charge is 0.396 e. The summed E-state index contributed by atoms with van der Waals surface area (Å²) >= 11 is 0. The van der Waals surface area contributed by atoms with Crippen LogP contribution in [0.1, 0.15) is 194 Å². The van der Waals surface area contributed by atoms with Crippen molar-refractivity contribution in [3.8, 4) is 0 Å². The first-order chi connectivity index (χ1) is 16.2. The molecule has 0 rings (SSSR count). The van der Waals surface area contributed by atoms with Crippen molar-refractivity contribution in [3.63, 3.8) is 0 Å². The molecule has 0 aromatic carbocycles. The number of hydrogen-bond acceptors (Lipinski definition) is 1. The first kappa shape index (κ1) is 33.0. The van der Waals surface area contributed by atoms with Crippen molar-refractivity contribution in [2.24, 2.45) is 5.41 Å². The van der Waals surface area contributed by atoms with Gasteiger partial charge in [0.2, 0.25) is 0 Å². The third kappa shape index (κ3) is 22.2.